The molecule has 9 nitrogen and oxygen atoms in total. The van der Waals surface area contributed by atoms with Gasteiger partial charge in [0, 0.05) is 5.56 Å². The van der Waals surface area contributed by atoms with Crippen molar-refractivity contribution in [2.24, 2.45) is 5.10 Å². The smallest absolute Gasteiger partial charge is 0.260 e. The summed E-state index contributed by atoms with van der Waals surface area (Å²) in [5.41, 5.74) is 3.15. The van der Waals surface area contributed by atoms with Crippen molar-refractivity contribution in [2.45, 2.75) is 0 Å². The topological polar surface area (TPSA) is 107 Å². The summed E-state index contributed by atoms with van der Waals surface area (Å²) in [4.78, 5) is 12.3. The van der Waals surface area contributed by atoms with Gasteiger partial charge in [-0.25, -0.2) is 13.8 Å². The molecule has 29 heavy (non-hydrogen) atoms. The van der Waals surface area contributed by atoms with Crippen LogP contribution in [0.3, 0.4) is 0 Å². The minimum Gasteiger partial charge on any atom is -0.497 e. The summed E-state index contributed by atoms with van der Waals surface area (Å²) >= 11 is 0. The molecule has 0 unspecified atom stereocenters. The SMILES string of the molecule is COc1ccc(OC)c(/C=N\NC(=O)CN(c2ccccc2OC)S(C)(=O)=O)c1. The number of hydrogen-bond donors (Lipinski definition) is 1. The maximum atomic E-state index is 12.3. The van der Waals surface area contributed by atoms with E-state index in [0.717, 1.165) is 10.6 Å². The van der Waals surface area contributed by atoms with Gasteiger partial charge in [-0.05, 0) is 30.3 Å². The predicted octanol–water partition coefficient (Wildman–Crippen LogP) is 1.63. The van der Waals surface area contributed by atoms with Gasteiger partial charge in [0.25, 0.3) is 5.91 Å². The summed E-state index contributed by atoms with van der Waals surface area (Å²) in [6.45, 7) is -0.466. The Balaban J connectivity index is 2.17. The van der Waals surface area contributed by atoms with Gasteiger partial charge in [-0.3, -0.25) is 9.10 Å². The van der Waals surface area contributed by atoms with Crippen LogP contribution in [0.1, 0.15) is 5.56 Å². The van der Waals surface area contributed by atoms with Crippen molar-refractivity contribution < 1.29 is 27.4 Å². The number of nitrogens with zero attached hydrogens (tertiary/aromatic N) is 2. The first kappa shape index (κ1) is 22.0. The third-order valence-corrected chi connectivity index (χ3v) is 5.00. The molecule has 1 N–H and O–H groups in total. The number of methoxy groups -OCH3 is 3. The Morgan fingerprint density at radius 1 is 1.07 bits per heavy atom. The number of rotatable bonds is 9. The van der Waals surface area contributed by atoms with Gasteiger partial charge in [0.15, 0.2) is 0 Å². The Hall–Kier alpha value is -3.27. The fraction of sp³-hybridized carbons (Fsp3) is 0.263. The summed E-state index contributed by atoms with van der Waals surface area (Å²) in [6.07, 6.45) is 2.39. The maximum absolute atomic E-state index is 12.3. The quantitative estimate of drug-likeness (QED) is 0.487. The molecule has 0 saturated heterocycles. The number of ether oxygens (including phenoxy) is 3. The molecule has 0 aliphatic rings. The Morgan fingerprint density at radius 3 is 2.38 bits per heavy atom. The molecule has 0 aliphatic carbocycles. The first-order chi connectivity index (χ1) is 13.8. The number of hydrogen-bond acceptors (Lipinski definition) is 7. The van der Waals surface area contributed by atoms with Crippen LogP contribution in [-0.4, -0.2) is 54.7 Å². The number of carbonyl (C=O) groups is 1. The molecule has 2 aromatic carbocycles. The van der Waals surface area contributed by atoms with Crippen molar-refractivity contribution in [3.63, 3.8) is 0 Å². The molecule has 0 heterocycles. The largest absolute Gasteiger partial charge is 0.497 e. The summed E-state index contributed by atoms with van der Waals surface area (Å²) in [7, 11) is 0.722. The standard InChI is InChI=1S/C19H23N3O6S/c1-26-15-9-10-17(27-2)14(11-15)12-20-21-19(23)13-22(29(4,24)25)16-7-5-6-8-18(16)28-3/h5-12H,13H2,1-4H3,(H,21,23)/b20-12-. The van der Waals surface area contributed by atoms with Gasteiger partial charge in [0.2, 0.25) is 10.0 Å². The highest BCUT2D eigenvalue weighted by Crippen LogP contribution is 2.29. The minimum absolute atomic E-state index is 0.256. The van der Waals surface area contributed by atoms with Crippen LogP contribution in [0.15, 0.2) is 47.6 Å². The van der Waals surface area contributed by atoms with Gasteiger partial charge in [0.05, 0.1) is 39.5 Å². The number of amides is 1. The van der Waals surface area contributed by atoms with E-state index >= 15 is 0 Å². The lowest BCUT2D eigenvalue weighted by molar-refractivity contribution is -0.119. The molecule has 0 aliphatic heterocycles. The third-order valence-electron chi connectivity index (χ3n) is 3.87. The van der Waals surface area contributed by atoms with E-state index in [-0.39, 0.29) is 5.69 Å². The van der Waals surface area contributed by atoms with E-state index in [4.69, 9.17) is 14.2 Å². The Morgan fingerprint density at radius 2 is 1.76 bits per heavy atom. The second kappa shape index (κ2) is 9.78. The molecule has 0 atom stereocenters. The van der Waals surface area contributed by atoms with Crippen LogP contribution in [0.4, 0.5) is 5.69 Å². The van der Waals surface area contributed by atoms with Crippen LogP contribution in [-0.2, 0) is 14.8 Å². The van der Waals surface area contributed by atoms with Gasteiger partial charge < -0.3 is 14.2 Å². The Bertz CT molecular complexity index is 991. The zero-order valence-corrected chi connectivity index (χ0v) is 17.4. The highest BCUT2D eigenvalue weighted by atomic mass is 32.2. The van der Waals surface area contributed by atoms with E-state index < -0.39 is 22.5 Å². The van der Waals surface area contributed by atoms with Gasteiger partial charge >= 0.3 is 0 Å². The van der Waals surface area contributed by atoms with Crippen molar-refractivity contribution >= 4 is 27.8 Å². The first-order valence-electron chi connectivity index (χ1n) is 8.44. The molecule has 0 spiro atoms. The molecule has 0 fully saturated rings. The number of nitrogens with one attached hydrogen (secondary N) is 1. The van der Waals surface area contributed by atoms with Crippen LogP contribution in [0.25, 0.3) is 0 Å². The van der Waals surface area contributed by atoms with Gasteiger partial charge in [-0.1, -0.05) is 12.1 Å². The summed E-state index contributed by atoms with van der Waals surface area (Å²) < 4.78 is 40.9. The van der Waals surface area contributed by atoms with Crippen molar-refractivity contribution in [1.29, 1.82) is 0 Å². The minimum atomic E-state index is -3.74. The average Bonchev–Trinajstić information content (AvgIpc) is 2.71. The van der Waals surface area contributed by atoms with Crippen LogP contribution < -0.4 is 23.9 Å². The third kappa shape index (κ3) is 5.85. The fourth-order valence-electron chi connectivity index (χ4n) is 2.50. The van der Waals surface area contributed by atoms with Gasteiger partial charge in [0.1, 0.15) is 23.8 Å². The highest BCUT2D eigenvalue weighted by Gasteiger charge is 2.23. The van der Waals surface area contributed by atoms with Crippen LogP contribution in [0.5, 0.6) is 17.2 Å². The Labute approximate surface area is 169 Å². The number of hydrazone groups is 1. The van der Waals surface area contributed by atoms with Crippen LogP contribution in [0.2, 0.25) is 0 Å². The molecule has 0 aromatic heterocycles. The molecule has 2 rings (SSSR count). The zero-order chi connectivity index (χ0) is 21.4. The molecular weight excluding hydrogens is 398 g/mol. The van der Waals surface area contributed by atoms with Crippen molar-refractivity contribution in [3.05, 3.63) is 48.0 Å². The van der Waals surface area contributed by atoms with Crippen molar-refractivity contribution in [3.8, 4) is 17.2 Å². The number of anilines is 1. The normalized spacial score (nSPS) is 11.2. The lowest BCUT2D eigenvalue weighted by Crippen LogP contribution is -2.39. The molecule has 0 bridgehead atoms. The zero-order valence-electron chi connectivity index (χ0n) is 16.6. The first-order valence-corrected chi connectivity index (χ1v) is 10.3. The average molecular weight is 421 g/mol. The van der Waals surface area contributed by atoms with E-state index in [1.165, 1.54) is 27.5 Å². The molecule has 1 amide bonds. The second-order valence-corrected chi connectivity index (χ2v) is 7.75. The predicted molar refractivity (Wildman–Crippen MR) is 110 cm³/mol. The van der Waals surface area contributed by atoms with Crippen molar-refractivity contribution in [2.75, 3.05) is 38.4 Å². The van der Waals surface area contributed by atoms with E-state index in [2.05, 4.69) is 10.5 Å². The number of carbonyl (C=O) groups excluding carboxylic acids is 1. The summed E-state index contributed by atoms with van der Waals surface area (Å²) in [6, 6.07) is 11.6. The number of sulfonamides is 1. The molecule has 0 saturated carbocycles. The van der Waals surface area contributed by atoms with Crippen LogP contribution in [0, 0.1) is 0 Å². The maximum Gasteiger partial charge on any atom is 0.260 e. The molecular formula is C19H23N3O6S. The lowest BCUT2D eigenvalue weighted by Gasteiger charge is -2.23. The lowest BCUT2D eigenvalue weighted by atomic mass is 10.2. The van der Waals surface area contributed by atoms with E-state index in [1.54, 1.807) is 42.5 Å². The van der Waals surface area contributed by atoms with Crippen LogP contribution >= 0.6 is 0 Å². The number of benzene rings is 2. The summed E-state index contributed by atoms with van der Waals surface area (Å²) in [5.74, 6) is 0.836. The van der Waals surface area contributed by atoms with Gasteiger partial charge in [-0.15, -0.1) is 0 Å². The van der Waals surface area contributed by atoms with Crippen molar-refractivity contribution in [1.82, 2.24) is 5.43 Å². The molecule has 2 aromatic rings. The van der Waals surface area contributed by atoms with E-state index in [0.29, 0.717) is 22.8 Å². The molecule has 0 radical (unpaired) electrons. The highest BCUT2D eigenvalue weighted by molar-refractivity contribution is 7.92. The molecule has 156 valence electrons. The van der Waals surface area contributed by atoms with Gasteiger partial charge in [-0.2, -0.15) is 5.10 Å². The second-order valence-electron chi connectivity index (χ2n) is 5.84. The number of para-hydroxylation sites is 2. The Kier molecular flexibility index (Phi) is 7.43. The molecule has 10 heteroatoms. The van der Waals surface area contributed by atoms with E-state index in [9.17, 15) is 13.2 Å². The summed E-state index contributed by atoms with van der Waals surface area (Å²) in [5, 5.41) is 3.88. The van der Waals surface area contributed by atoms with E-state index in [1.807, 2.05) is 0 Å². The fourth-order valence-corrected chi connectivity index (χ4v) is 3.36. The monoisotopic (exact) mass is 421 g/mol.